The molecule has 1 aromatic carbocycles. The fourth-order valence-electron chi connectivity index (χ4n) is 2.35. The molecule has 0 aromatic heterocycles. The van der Waals surface area contributed by atoms with Gasteiger partial charge in [0.1, 0.15) is 11.4 Å². The molecule has 1 aliphatic carbocycles. The van der Waals surface area contributed by atoms with Gasteiger partial charge in [-0.25, -0.2) is 0 Å². The highest BCUT2D eigenvalue weighted by Gasteiger charge is 2.39. The van der Waals surface area contributed by atoms with Gasteiger partial charge in [-0.3, -0.25) is 0 Å². The van der Waals surface area contributed by atoms with Crippen molar-refractivity contribution in [3.8, 4) is 5.75 Å². The first-order valence-corrected chi connectivity index (χ1v) is 8.05. The lowest BCUT2D eigenvalue weighted by atomic mass is 9.77. The Morgan fingerprint density at radius 1 is 1.42 bits per heavy atom. The number of benzene rings is 1. The molecule has 19 heavy (non-hydrogen) atoms. The van der Waals surface area contributed by atoms with E-state index in [0.29, 0.717) is 6.04 Å². The highest BCUT2D eigenvalue weighted by Crippen LogP contribution is 2.41. The summed E-state index contributed by atoms with van der Waals surface area (Å²) in [5.74, 6) is 0.897. The Bertz CT molecular complexity index is 432. The van der Waals surface area contributed by atoms with Gasteiger partial charge in [-0.1, -0.05) is 25.4 Å². The molecule has 0 bridgehead atoms. The van der Waals surface area contributed by atoms with Crippen LogP contribution in [0.3, 0.4) is 0 Å². The number of nitrogens with one attached hydrogen (secondary N) is 1. The standard InChI is InChI=1S/C15H21BrClNO/c1-11(2)18-9-8-15(6-3-7-15)19-14-5-4-12(17)10-13(14)16/h4-5,10-11,18H,3,6-9H2,1-2H3. The van der Waals surface area contributed by atoms with Gasteiger partial charge in [0.05, 0.1) is 4.47 Å². The third kappa shape index (κ3) is 4.11. The molecule has 1 aliphatic rings. The van der Waals surface area contributed by atoms with Crippen molar-refractivity contribution in [2.24, 2.45) is 0 Å². The molecule has 1 aromatic rings. The molecule has 0 atom stereocenters. The van der Waals surface area contributed by atoms with Crippen molar-refractivity contribution >= 4 is 27.5 Å². The van der Waals surface area contributed by atoms with Crippen LogP contribution in [-0.2, 0) is 0 Å². The maximum Gasteiger partial charge on any atom is 0.134 e. The Kier molecular flexibility index (Phi) is 5.15. The smallest absolute Gasteiger partial charge is 0.134 e. The maximum atomic E-state index is 6.26. The Labute approximate surface area is 129 Å². The van der Waals surface area contributed by atoms with Crippen LogP contribution in [0.15, 0.2) is 22.7 Å². The minimum Gasteiger partial charge on any atom is -0.486 e. The first-order valence-electron chi connectivity index (χ1n) is 6.88. The monoisotopic (exact) mass is 345 g/mol. The molecule has 0 saturated heterocycles. The van der Waals surface area contributed by atoms with E-state index >= 15 is 0 Å². The minimum absolute atomic E-state index is 0.0121. The zero-order valence-corrected chi connectivity index (χ0v) is 13.9. The number of hydrogen-bond donors (Lipinski definition) is 1. The van der Waals surface area contributed by atoms with E-state index in [1.807, 2.05) is 18.2 Å². The second kappa shape index (κ2) is 6.47. The van der Waals surface area contributed by atoms with Crippen LogP contribution in [-0.4, -0.2) is 18.2 Å². The summed E-state index contributed by atoms with van der Waals surface area (Å²) in [7, 11) is 0. The summed E-state index contributed by atoms with van der Waals surface area (Å²) in [6.07, 6.45) is 4.59. The van der Waals surface area contributed by atoms with Gasteiger partial charge in [-0.15, -0.1) is 0 Å². The summed E-state index contributed by atoms with van der Waals surface area (Å²) in [6, 6.07) is 6.23. The van der Waals surface area contributed by atoms with Gasteiger partial charge in [0.2, 0.25) is 0 Å². The van der Waals surface area contributed by atoms with E-state index in [0.717, 1.165) is 41.1 Å². The van der Waals surface area contributed by atoms with Crippen molar-refractivity contribution < 1.29 is 4.74 Å². The average molecular weight is 347 g/mol. The summed E-state index contributed by atoms with van der Waals surface area (Å²) in [6.45, 7) is 5.34. The van der Waals surface area contributed by atoms with E-state index in [1.165, 1.54) is 6.42 Å². The van der Waals surface area contributed by atoms with Crippen LogP contribution < -0.4 is 10.1 Å². The lowest BCUT2D eigenvalue weighted by Crippen LogP contribution is -2.46. The molecule has 4 heteroatoms. The molecule has 0 heterocycles. The highest BCUT2D eigenvalue weighted by molar-refractivity contribution is 9.10. The quantitative estimate of drug-likeness (QED) is 0.799. The van der Waals surface area contributed by atoms with Crippen LogP contribution in [0.1, 0.15) is 39.5 Å². The number of rotatable bonds is 6. The predicted molar refractivity (Wildman–Crippen MR) is 84.1 cm³/mol. The van der Waals surface area contributed by atoms with E-state index in [2.05, 4.69) is 35.1 Å². The largest absolute Gasteiger partial charge is 0.486 e. The fourth-order valence-corrected chi connectivity index (χ4v) is 3.12. The number of hydrogen-bond acceptors (Lipinski definition) is 2. The van der Waals surface area contributed by atoms with Crippen molar-refractivity contribution in [3.63, 3.8) is 0 Å². The van der Waals surface area contributed by atoms with Crippen molar-refractivity contribution in [2.75, 3.05) is 6.54 Å². The second-order valence-corrected chi connectivity index (χ2v) is 6.86. The zero-order chi connectivity index (χ0) is 13.9. The lowest BCUT2D eigenvalue weighted by Gasteiger charge is -2.42. The first kappa shape index (κ1) is 15.1. The topological polar surface area (TPSA) is 21.3 Å². The zero-order valence-electron chi connectivity index (χ0n) is 11.5. The number of ether oxygens (including phenoxy) is 1. The average Bonchev–Trinajstić information content (AvgIpc) is 2.28. The molecule has 1 fully saturated rings. The van der Waals surface area contributed by atoms with Crippen molar-refractivity contribution in [1.29, 1.82) is 0 Å². The molecule has 106 valence electrons. The molecule has 1 saturated carbocycles. The molecular formula is C15H21BrClNO. The number of halogens is 2. The van der Waals surface area contributed by atoms with Crippen molar-refractivity contribution in [1.82, 2.24) is 5.32 Å². The minimum atomic E-state index is 0.0121. The molecule has 0 spiro atoms. The SMILES string of the molecule is CC(C)NCCC1(Oc2ccc(Cl)cc2Br)CCC1. The molecule has 0 amide bonds. The van der Waals surface area contributed by atoms with Gasteiger partial charge in [-0.2, -0.15) is 0 Å². The summed E-state index contributed by atoms with van der Waals surface area (Å²) in [4.78, 5) is 0. The van der Waals surface area contributed by atoms with Gasteiger partial charge in [-0.05, 0) is 66.4 Å². The molecule has 0 aliphatic heterocycles. The summed E-state index contributed by atoms with van der Waals surface area (Å²) in [5.41, 5.74) is 0.0121. The van der Waals surface area contributed by atoms with E-state index in [1.54, 1.807) is 0 Å². The van der Waals surface area contributed by atoms with E-state index in [-0.39, 0.29) is 5.60 Å². The van der Waals surface area contributed by atoms with Crippen LogP contribution in [0.4, 0.5) is 0 Å². The third-order valence-corrected chi connectivity index (χ3v) is 4.47. The van der Waals surface area contributed by atoms with Gasteiger partial charge < -0.3 is 10.1 Å². The highest BCUT2D eigenvalue weighted by atomic mass is 79.9. The molecular weight excluding hydrogens is 326 g/mol. The van der Waals surface area contributed by atoms with Crippen LogP contribution in [0.2, 0.25) is 5.02 Å². The van der Waals surface area contributed by atoms with Crippen LogP contribution >= 0.6 is 27.5 Å². The van der Waals surface area contributed by atoms with Gasteiger partial charge >= 0.3 is 0 Å². The molecule has 0 radical (unpaired) electrons. The van der Waals surface area contributed by atoms with Gasteiger partial charge in [0.15, 0.2) is 0 Å². The van der Waals surface area contributed by atoms with Crippen LogP contribution in [0, 0.1) is 0 Å². The Morgan fingerprint density at radius 3 is 2.68 bits per heavy atom. The summed E-state index contributed by atoms with van der Waals surface area (Å²) >= 11 is 9.48. The Morgan fingerprint density at radius 2 is 2.16 bits per heavy atom. The molecule has 2 nitrogen and oxygen atoms in total. The lowest BCUT2D eigenvalue weighted by molar-refractivity contribution is -0.0151. The van der Waals surface area contributed by atoms with E-state index < -0.39 is 0 Å². The van der Waals surface area contributed by atoms with E-state index in [9.17, 15) is 0 Å². The fraction of sp³-hybridized carbons (Fsp3) is 0.600. The third-order valence-electron chi connectivity index (χ3n) is 3.62. The van der Waals surface area contributed by atoms with Crippen molar-refractivity contribution in [2.45, 2.75) is 51.2 Å². The molecule has 1 N–H and O–H groups in total. The maximum absolute atomic E-state index is 6.26. The molecule has 2 rings (SSSR count). The van der Waals surface area contributed by atoms with Crippen LogP contribution in [0.25, 0.3) is 0 Å². The normalized spacial score (nSPS) is 17.3. The van der Waals surface area contributed by atoms with Gasteiger partial charge in [0.25, 0.3) is 0 Å². The summed E-state index contributed by atoms with van der Waals surface area (Å²) < 4.78 is 7.19. The second-order valence-electron chi connectivity index (χ2n) is 5.57. The Balaban J connectivity index is 1.98. The molecule has 0 unspecified atom stereocenters. The Hall–Kier alpha value is -0.250. The van der Waals surface area contributed by atoms with Crippen molar-refractivity contribution in [3.05, 3.63) is 27.7 Å². The summed E-state index contributed by atoms with van der Waals surface area (Å²) in [5, 5.41) is 4.19. The first-order chi connectivity index (χ1) is 9.01. The van der Waals surface area contributed by atoms with Crippen LogP contribution in [0.5, 0.6) is 5.75 Å². The van der Waals surface area contributed by atoms with E-state index in [4.69, 9.17) is 16.3 Å². The predicted octanol–water partition coefficient (Wildman–Crippen LogP) is 4.79. The van der Waals surface area contributed by atoms with Gasteiger partial charge in [0, 0.05) is 11.1 Å².